The van der Waals surface area contributed by atoms with Crippen molar-refractivity contribution in [3.63, 3.8) is 0 Å². The minimum Gasteiger partial charge on any atom is -0.348 e. The number of carbonyl (C=O) groups excluding carboxylic acids is 1. The van der Waals surface area contributed by atoms with Crippen LogP contribution in [0.2, 0.25) is 5.02 Å². The summed E-state index contributed by atoms with van der Waals surface area (Å²) >= 11 is 9.80. The molecule has 1 heterocycles. The first-order chi connectivity index (χ1) is 12.1. The predicted molar refractivity (Wildman–Crippen MR) is 107 cm³/mol. The van der Waals surface area contributed by atoms with Crippen LogP contribution in [-0.2, 0) is 9.53 Å². The minimum absolute atomic E-state index is 0.294. The first kappa shape index (κ1) is 19.6. The van der Waals surface area contributed by atoms with E-state index in [9.17, 15) is 4.79 Å². The minimum atomic E-state index is -0.905. The molecule has 0 bridgehead atoms. The van der Waals surface area contributed by atoms with Crippen LogP contribution in [0.5, 0.6) is 0 Å². The van der Waals surface area contributed by atoms with Gasteiger partial charge in [-0.2, -0.15) is 0 Å². The molecule has 1 aliphatic heterocycles. The fraction of sp³-hybridized carbons (Fsp3) is 0.263. The van der Waals surface area contributed by atoms with Crippen molar-refractivity contribution in [2.45, 2.75) is 27.0 Å². The number of nitrogens with one attached hydrogen (secondary N) is 1. The number of benzodiazepines with no additional fused rings is 1. The lowest BCUT2D eigenvalue weighted by Gasteiger charge is -2.12. The molecule has 2 aromatic carbocycles. The van der Waals surface area contributed by atoms with E-state index in [1.807, 2.05) is 57.2 Å². The Morgan fingerprint density at radius 3 is 2.60 bits per heavy atom. The lowest BCUT2D eigenvalue weighted by molar-refractivity contribution is -0.126. The molecule has 1 aliphatic rings. The van der Waals surface area contributed by atoms with Gasteiger partial charge < -0.3 is 10.1 Å². The molecular formula is C19H20BrClN2O2. The van der Waals surface area contributed by atoms with Gasteiger partial charge in [0.25, 0.3) is 5.91 Å². The topological polar surface area (TPSA) is 50.7 Å². The van der Waals surface area contributed by atoms with E-state index in [1.54, 1.807) is 6.07 Å². The van der Waals surface area contributed by atoms with Gasteiger partial charge in [0.1, 0.15) is 0 Å². The van der Waals surface area contributed by atoms with Crippen molar-refractivity contribution in [1.29, 1.82) is 0 Å². The molecule has 6 heteroatoms. The monoisotopic (exact) mass is 422 g/mol. The van der Waals surface area contributed by atoms with Crippen LogP contribution < -0.4 is 5.32 Å². The number of aliphatic imine (C=N–C) groups is 1. The van der Waals surface area contributed by atoms with Gasteiger partial charge in [-0.3, -0.25) is 4.79 Å². The SMILES string of the molecule is CC.CCOC1N=C(c2ccccc2Cl)c2cc(Br)ccc2NC1=O. The first-order valence-corrected chi connectivity index (χ1v) is 9.32. The number of amides is 1. The van der Waals surface area contributed by atoms with Crippen molar-refractivity contribution >= 4 is 44.8 Å². The molecular weight excluding hydrogens is 404 g/mol. The van der Waals surface area contributed by atoms with Crippen molar-refractivity contribution in [3.8, 4) is 0 Å². The van der Waals surface area contributed by atoms with Crippen LogP contribution in [0.3, 0.4) is 0 Å². The highest BCUT2D eigenvalue weighted by molar-refractivity contribution is 9.10. The lowest BCUT2D eigenvalue weighted by Crippen LogP contribution is -2.28. The number of ether oxygens (including phenoxy) is 1. The van der Waals surface area contributed by atoms with Gasteiger partial charge in [0.15, 0.2) is 0 Å². The maximum absolute atomic E-state index is 12.3. The average Bonchev–Trinajstić information content (AvgIpc) is 2.75. The second-order valence-electron chi connectivity index (χ2n) is 4.94. The summed E-state index contributed by atoms with van der Waals surface area (Å²) in [5, 5.41) is 3.43. The summed E-state index contributed by atoms with van der Waals surface area (Å²) < 4.78 is 6.36. The fourth-order valence-electron chi connectivity index (χ4n) is 2.40. The third kappa shape index (κ3) is 4.48. The quantitative estimate of drug-likeness (QED) is 0.730. The van der Waals surface area contributed by atoms with Crippen LogP contribution in [0.1, 0.15) is 31.9 Å². The van der Waals surface area contributed by atoms with Crippen LogP contribution in [-0.4, -0.2) is 24.5 Å². The Hall–Kier alpha value is -1.69. The van der Waals surface area contributed by atoms with Crippen molar-refractivity contribution in [2.75, 3.05) is 11.9 Å². The third-order valence-electron chi connectivity index (χ3n) is 3.42. The smallest absolute Gasteiger partial charge is 0.276 e. The Labute approximate surface area is 161 Å². The summed E-state index contributed by atoms with van der Waals surface area (Å²) in [6, 6.07) is 13.0. The summed E-state index contributed by atoms with van der Waals surface area (Å²) in [4.78, 5) is 16.9. The molecule has 0 spiro atoms. The Morgan fingerprint density at radius 2 is 1.92 bits per heavy atom. The first-order valence-electron chi connectivity index (χ1n) is 8.15. The number of hydrogen-bond donors (Lipinski definition) is 1. The molecule has 1 N–H and O–H groups in total. The molecule has 0 saturated heterocycles. The summed E-state index contributed by atoms with van der Waals surface area (Å²) in [7, 11) is 0. The van der Waals surface area contributed by atoms with Crippen molar-refractivity contribution in [2.24, 2.45) is 4.99 Å². The number of anilines is 1. The molecule has 2 aromatic rings. The lowest BCUT2D eigenvalue weighted by atomic mass is 10.0. The van der Waals surface area contributed by atoms with E-state index in [2.05, 4.69) is 26.2 Å². The average molecular weight is 424 g/mol. The standard InChI is InChI=1S/C17H14BrClN2O2.C2H6/c1-2-23-17-16(22)20-14-8-7-10(18)9-12(14)15(21-17)11-5-3-4-6-13(11)19;1-2/h3-9,17H,2H2,1H3,(H,20,22);1-2H3. The van der Waals surface area contributed by atoms with E-state index in [-0.39, 0.29) is 5.91 Å². The van der Waals surface area contributed by atoms with E-state index in [1.165, 1.54) is 0 Å². The highest BCUT2D eigenvalue weighted by Gasteiger charge is 2.27. The van der Waals surface area contributed by atoms with Crippen LogP contribution >= 0.6 is 27.5 Å². The van der Waals surface area contributed by atoms with Crippen LogP contribution in [0.25, 0.3) is 0 Å². The number of benzene rings is 2. The van der Waals surface area contributed by atoms with Crippen molar-refractivity contribution in [1.82, 2.24) is 0 Å². The van der Waals surface area contributed by atoms with Gasteiger partial charge in [-0.25, -0.2) is 4.99 Å². The van der Waals surface area contributed by atoms with Gasteiger partial charge in [0, 0.05) is 27.2 Å². The van der Waals surface area contributed by atoms with E-state index in [4.69, 9.17) is 16.3 Å². The summed E-state index contributed by atoms with van der Waals surface area (Å²) in [6.07, 6.45) is -0.905. The van der Waals surface area contributed by atoms with E-state index >= 15 is 0 Å². The van der Waals surface area contributed by atoms with Gasteiger partial charge in [-0.1, -0.05) is 59.6 Å². The summed E-state index contributed by atoms with van der Waals surface area (Å²) in [5.74, 6) is -0.294. The Kier molecular flexibility index (Phi) is 7.17. The molecule has 4 nitrogen and oxygen atoms in total. The third-order valence-corrected chi connectivity index (χ3v) is 4.24. The summed E-state index contributed by atoms with van der Waals surface area (Å²) in [6.45, 7) is 6.21. The highest BCUT2D eigenvalue weighted by atomic mass is 79.9. The Morgan fingerprint density at radius 1 is 1.20 bits per heavy atom. The van der Waals surface area contributed by atoms with Gasteiger partial charge in [0.05, 0.1) is 11.4 Å². The van der Waals surface area contributed by atoms with Crippen LogP contribution in [0.15, 0.2) is 51.9 Å². The second-order valence-corrected chi connectivity index (χ2v) is 6.27. The van der Waals surface area contributed by atoms with E-state index in [0.717, 1.165) is 15.6 Å². The molecule has 1 atom stereocenters. The zero-order valence-electron chi connectivity index (χ0n) is 14.3. The van der Waals surface area contributed by atoms with Gasteiger partial charge in [0.2, 0.25) is 6.23 Å². The Balaban J connectivity index is 0.00000109. The predicted octanol–water partition coefficient (Wildman–Crippen LogP) is 5.28. The molecule has 1 unspecified atom stereocenters. The zero-order chi connectivity index (χ0) is 18.4. The second kappa shape index (κ2) is 9.13. The Bertz CT molecular complexity index is 793. The van der Waals surface area contributed by atoms with Crippen molar-refractivity contribution < 1.29 is 9.53 Å². The molecule has 25 heavy (non-hydrogen) atoms. The normalized spacial score (nSPS) is 16.0. The number of nitrogens with zero attached hydrogens (tertiary/aromatic N) is 1. The maximum Gasteiger partial charge on any atom is 0.276 e. The van der Waals surface area contributed by atoms with E-state index in [0.29, 0.717) is 23.0 Å². The molecule has 1 amide bonds. The van der Waals surface area contributed by atoms with Crippen LogP contribution in [0, 0.1) is 0 Å². The largest absolute Gasteiger partial charge is 0.348 e. The number of fused-ring (bicyclic) bond motifs is 1. The molecule has 3 rings (SSSR count). The highest BCUT2D eigenvalue weighted by Crippen LogP contribution is 2.30. The van der Waals surface area contributed by atoms with Gasteiger partial charge >= 0.3 is 0 Å². The summed E-state index contributed by atoms with van der Waals surface area (Å²) in [5.41, 5.74) is 2.86. The number of hydrogen-bond acceptors (Lipinski definition) is 3. The number of carbonyl (C=O) groups is 1. The number of rotatable bonds is 3. The van der Waals surface area contributed by atoms with Gasteiger partial charge in [-0.05, 0) is 31.2 Å². The molecule has 0 aliphatic carbocycles. The van der Waals surface area contributed by atoms with Crippen LogP contribution in [0.4, 0.5) is 5.69 Å². The molecule has 132 valence electrons. The molecule has 0 fully saturated rings. The van der Waals surface area contributed by atoms with Crippen molar-refractivity contribution in [3.05, 3.63) is 63.1 Å². The fourth-order valence-corrected chi connectivity index (χ4v) is 2.99. The number of halogens is 2. The molecule has 0 radical (unpaired) electrons. The molecule has 0 saturated carbocycles. The zero-order valence-corrected chi connectivity index (χ0v) is 16.7. The van der Waals surface area contributed by atoms with Gasteiger partial charge in [-0.15, -0.1) is 0 Å². The van der Waals surface area contributed by atoms with E-state index < -0.39 is 6.23 Å². The maximum atomic E-state index is 12.3. The molecule has 0 aromatic heterocycles.